The second-order valence-corrected chi connectivity index (χ2v) is 4.86. The summed E-state index contributed by atoms with van der Waals surface area (Å²) >= 11 is 0. The molecule has 0 aliphatic heterocycles. The molecule has 0 spiro atoms. The van der Waals surface area contributed by atoms with E-state index in [1.807, 2.05) is 13.0 Å². The predicted molar refractivity (Wildman–Crippen MR) is 70.9 cm³/mol. The van der Waals surface area contributed by atoms with E-state index in [1.165, 1.54) is 0 Å². The lowest BCUT2D eigenvalue weighted by Crippen LogP contribution is -2.21. The van der Waals surface area contributed by atoms with Crippen molar-refractivity contribution in [1.82, 2.24) is 0 Å². The molecule has 0 unspecified atom stereocenters. The molecule has 0 fully saturated rings. The van der Waals surface area contributed by atoms with Gasteiger partial charge in [0.25, 0.3) is 0 Å². The molecule has 3 nitrogen and oxygen atoms in total. The van der Waals surface area contributed by atoms with E-state index in [4.69, 9.17) is 0 Å². The van der Waals surface area contributed by atoms with E-state index in [9.17, 15) is 14.7 Å². The zero-order valence-electron chi connectivity index (χ0n) is 10.7. The Morgan fingerprint density at radius 2 is 1.53 bits per heavy atom. The molecule has 19 heavy (non-hydrogen) atoms. The summed E-state index contributed by atoms with van der Waals surface area (Å²) in [6.45, 7) is 3.57. The molecule has 0 aromatic heterocycles. The summed E-state index contributed by atoms with van der Waals surface area (Å²) in [5, 5.41) is 10.1. The Balaban J connectivity index is 2.36. The van der Waals surface area contributed by atoms with Gasteiger partial charge in [-0.3, -0.25) is 9.59 Å². The van der Waals surface area contributed by atoms with Crippen LogP contribution in [0.1, 0.15) is 43.0 Å². The van der Waals surface area contributed by atoms with E-state index in [2.05, 4.69) is 0 Å². The van der Waals surface area contributed by atoms with Crippen molar-refractivity contribution in [2.75, 3.05) is 0 Å². The van der Waals surface area contributed by atoms with Crippen LogP contribution in [0.3, 0.4) is 0 Å². The van der Waals surface area contributed by atoms with Crippen molar-refractivity contribution in [2.45, 2.75) is 13.8 Å². The monoisotopic (exact) mass is 252 g/mol. The standard InChI is InChI=1S/C16H12O3/c1-8-3-5-10-12(7-8)16(19)13-11(15(10)18)6-4-9(2)14(13)17/h3-7,17H,1-2H3. The number of ketones is 2. The maximum Gasteiger partial charge on any atom is 0.198 e. The minimum atomic E-state index is -0.283. The molecule has 0 saturated carbocycles. The van der Waals surface area contributed by atoms with Gasteiger partial charge in [0.2, 0.25) is 0 Å². The van der Waals surface area contributed by atoms with Crippen LogP contribution >= 0.6 is 0 Å². The summed E-state index contributed by atoms with van der Waals surface area (Å²) in [5.74, 6) is -0.586. The van der Waals surface area contributed by atoms with Gasteiger partial charge in [-0.1, -0.05) is 23.8 Å². The molecule has 0 radical (unpaired) electrons. The molecule has 0 bridgehead atoms. The SMILES string of the molecule is Cc1ccc2c(c1)C(=O)c1c(ccc(C)c1O)C2=O. The van der Waals surface area contributed by atoms with Gasteiger partial charge in [-0.25, -0.2) is 0 Å². The Hall–Kier alpha value is -2.42. The highest BCUT2D eigenvalue weighted by molar-refractivity contribution is 6.29. The molecule has 3 rings (SSSR count). The molecular weight excluding hydrogens is 240 g/mol. The highest BCUT2D eigenvalue weighted by Crippen LogP contribution is 2.34. The third-order valence-corrected chi connectivity index (χ3v) is 3.52. The fourth-order valence-corrected chi connectivity index (χ4v) is 2.44. The highest BCUT2D eigenvalue weighted by Gasteiger charge is 2.32. The zero-order valence-corrected chi connectivity index (χ0v) is 10.7. The van der Waals surface area contributed by atoms with Crippen molar-refractivity contribution in [2.24, 2.45) is 0 Å². The average molecular weight is 252 g/mol. The number of aromatic hydroxyl groups is 1. The Kier molecular flexibility index (Phi) is 2.32. The van der Waals surface area contributed by atoms with Gasteiger partial charge in [0, 0.05) is 16.7 Å². The summed E-state index contributed by atoms with van der Waals surface area (Å²) in [6.07, 6.45) is 0. The number of hydrogen-bond donors (Lipinski definition) is 1. The molecule has 94 valence electrons. The molecule has 1 aliphatic carbocycles. The van der Waals surface area contributed by atoms with E-state index in [0.29, 0.717) is 16.7 Å². The van der Waals surface area contributed by atoms with E-state index in [0.717, 1.165) is 5.56 Å². The normalized spacial score (nSPS) is 13.2. The Morgan fingerprint density at radius 3 is 2.26 bits per heavy atom. The fourth-order valence-electron chi connectivity index (χ4n) is 2.44. The molecular formula is C16H12O3. The van der Waals surface area contributed by atoms with Gasteiger partial charge in [0.15, 0.2) is 11.6 Å². The van der Waals surface area contributed by atoms with Gasteiger partial charge in [-0.15, -0.1) is 0 Å². The summed E-state index contributed by atoms with van der Waals surface area (Å²) < 4.78 is 0. The van der Waals surface area contributed by atoms with Gasteiger partial charge >= 0.3 is 0 Å². The largest absolute Gasteiger partial charge is 0.507 e. The van der Waals surface area contributed by atoms with Crippen LogP contribution in [-0.4, -0.2) is 16.7 Å². The lowest BCUT2D eigenvalue weighted by atomic mass is 9.82. The summed E-state index contributed by atoms with van der Waals surface area (Å²) in [7, 11) is 0. The highest BCUT2D eigenvalue weighted by atomic mass is 16.3. The first kappa shape index (κ1) is 11.7. The lowest BCUT2D eigenvalue weighted by Gasteiger charge is -2.19. The molecule has 1 aliphatic rings. The zero-order chi connectivity index (χ0) is 13.7. The number of rotatable bonds is 0. The quantitative estimate of drug-likeness (QED) is 0.669. The number of fused-ring (bicyclic) bond motifs is 2. The van der Waals surface area contributed by atoms with Crippen LogP contribution in [0.2, 0.25) is 0 Å². The molecule has 0 amide bonds. The summed E-state index contributed by atoms with van der Waals surface area (Å²) in [5.41, 5.74) is 2.70. The first-order chi connectivity index (χ1) is 9.00. The first-order valence-electron chi connectivity index (χ1n) is 6.03. The number of hydrogen-bond acceptors (Lipinski definition) is 3. The number of carbonyl (C=O) groups is 2. The topological polar surface area (TPSA) is 54.4 Å². The van der Waals surface area contributed by atoms with Crippen LogP contribution in [0.4, 0.5) is 0 Å². The molecule has 0 atom stereocenters. The fraction of sp³-hybridized carbons (Fsp3) is 0.125. The molecule has 3 heteroatoms. The van der Waals surface area contributed by atoms with Crippen LogP contribution in [0.25, 0.3) is 0 Å². The second-order valence-electron chi connectivity index (χ2n) is 4.86. The van der Waals surface area contributed by atoms with Gasteiger partial charge in [0.1, 0.15) is 5.75 Å². The smallest absolute Gasteiger partial charge is 0.198 e. The van der Waals surface area contributed by atoms with E-state index >= 15 is 0 Å². The van der Waals surface area contributed by atoms with Crippen molar-refractivity contribution < 1.29 is 14.7 Å². The summed E-state index contributed by atoms with van der Waals surface area (Å²) in [6, 6.07) is 8.43. The number of benzene rings is 2. The van der Waals surface area contributed by atoms with Crippen molar-refractivity contribution in [1.29, 1.82) is 0 Å². The number of aryl methyl sites for hydroxylation is 2. The third-order valence-electron chi connectivity index (χ3n) is 3.52. The second kappa shape index (κ2) is 3.79. The van der Waals surface area contributed by atoms with Gasteiger partial charge in [0.05, 0.1) is 5.56 Å². The van der Waals surface area contributed by atoms with Gasteiger partial charge < -0.3 is 5.11 Å². The van der Waals surface area contributed by atoms with Crippen LogP contribution in [-0.2, 0) is 0 Å². The molecule has 2 aromatic rings. The van der Waals surface area contributed by atoms with Crippen LogP contribution in [0.15, 0.2) is 30.3 Å². The van der Waals surface area contributed by atoms with Crippen LogP contribution in [0.5, 0.6) is 5.75 Å². The Bertz CT molecular complexity index is 742. The molecule has 2 aromatic carbocycles. The number of phenolic OH excluding ortho intramolecular Hbond substituents is 1. The van der Waals surface area contributed by atoms with Gasteiger partial charge in [-0.2, -0.15) is 0 Å². The minimum Gasteiger partial charge on any atom is -0.507 e. The molecule has 1 N–H and O–H groups in total. The first-order valence-corrected chi connectivity index (χ1v) is 6.03. The summed E-state index contributed by atoms with van der Waals surface area (Å²) in [4.78, 5) is 24.8. The average Bonchev–Trinajstić information content (AvgIpc) is 2.39. The van der Waals surface area contributed by atoms with Crippen LogP contribution in [0, 0.1) is 13.8 Å². The van der Waals surface area contributed by atoms with Crippen molar-refractivity contribution >= 4 is 11.6 Å². The Morgan fingerprint density at radius 1 is 0.842 bits per heavy atom. The maximum absolute atomic E-state index is 12.5. The minimum absolute atomic E-state index is 0.0944. The number of carbonyl (C=O) groups excluding carboxylic acids is 2. The Labute approximate surface area is 110 Å². The van der Waals surface area contributed by atoms with Crippen molar-refractivity contribution in [3.63, 3.8) is 0 Å². The molecule has 0 saturated heterocycles. The lowest BCUT2D eigenvalue weighted by molar-refractivity contribution is 0.0976. The van der Waals surface area contributed by atoms with Crippen LogP contribution < -0.4 is 0 Å². The van der Waals surface area contributed by atoms with Crippen molar-refractivity contribution in [3.8, 4) is 5.75 Å². The molecule has 0 heterocycles. The van der Waals surface area contributed by atoms with E-state index in [1.54, 1.807) is 31.2 Å². The van der Waals surface area contributed by atoms with E-state index < -0.39 is 0 Å². The number of phenols is 1. The maximum atomic E-state index is 12.5. The predicted octanol–water partition coefficient (Wildman–Crippen LogP) is 2.78. The van der Waals surface area contributed by atoms with Gasteiger partial charge in [-0.05, 0) is 31.5 Å². The van der Waals surface area contributed by atoms with E-state index in [-0.39, 0.29) is 28.4 Å². The van der Waals surface area contributed by atoms with Crippen molar-refractivity contribution in [3.05, 3.63) is 63.7 Å². The third kappa shape index (κ3) is 1.51.